The second-order valence-electron chi connectivity index (χ2n) is 5.29. The zero-order valence-electron chi connectivity index (χ0n) is 11.2. The Labute approximate surface area is 115 Å². The lowest BCUT2D eigenvalue weighted by molar-refractivity contribution is -0.129. The molecule has 0 spiro atoms. The highest BCUT2D eigenvalue weighted by molar-refractivity contribution is 6.14. The Kier molecular flexibility index (Phi) is 4.50. The van der Waals surface area contributed by atoms with Gasteiger partial charge in [0.2, 0.25) is 17.8 Å². The molecule has 0 heterocycles. The van der Waals surface area contributed by atoms with Crippen molar-refractivity contribution >= 4 is 11.6 Å². The number of rotatable bonds is 3. The van der Waals surface area contributed by atoms with Crippen LogP contribution in [-0.2, 0) is 4.79 Å². The topological polar surface area (TPSA) is 34.1 Å². The van der Waals surface area contributed by atoms with Gasteiger partial charge in [0, 0.05) is 5.41 Å². The number of carbonyl (C=O) groups is 2. The molecule has 0 aliphatic heterocycles. The molecule has 2 nitrogen and oxygen atoms in total. The Hall–Kier alpha value is -1.86. The van der Waals surface area contributed by atoms with Crippen molar-refractivity contribution in [2.45, 2.75) is 26.9 Å². The highest BCUT2D eigenvalue weighted by atomic mass is 19.2. The van der Waals surface area contributed by atoms with Crippen molar-refractivity contribution < 1.29 is 35.9 Å². The second-order valence-corrected chi connectivity index (χ2v) is 5.29. The molecule has 0 fully saturated rings. The zero-order valence-corrected chi connectivity index (χ0v) is 11.2. The van der Waals surface area contributed by atoms with Gasteiger partial charge < -0.3 is 0 Å². The van der Waals surface area contributed by atoms with E-state index in [1.54, 1.807) is 0 Å². The molecular weight excluding hydrogens is 302 g/mol. The van der Waals surface area contributed by atoms with Gasteiger partial charge in [-0.05, 0) is 0 Å². The zero-order chi connectivity index (χ0) is 16.7. The third-order valence-electron chi connectivity index (χ3n) is 2.66. The van der Waals surface area contributed by atoms with Crippen molar-refractivity contribution in [1.82, 2.24) is 0 Å². The quantitative estimate of drug-likeness (QED) is 0.281. The van der Waals surface area contributed by atoms with Gasteiger partial charge in [0.15, 0.2) is 29.1 Å². The van der Waals surface area contributed by atoms with Gasteiger partial charge in [0.1, 0.15) is 0 Å². The minimum Gasteiger partial charge on any atom is -0.295 e. The molecule has 0 bridgehead atoms. The lowest BCUT2D eigenvalue weighted by Crippen LogP contribution is -2.36. The number of alkyl halides is 1. The molecule has 1 rings (SSSR count). The van der Waals surface area contributed by atoms with E-state index in [0.29, 0.717) is 0 Å². The van der Waals surface area contributed by atoms with Crippen LogP contribution in [0.25, 0.3) is 0 Å². The molecule has 1 aromatic rings. The molecule has 21 heavy (non-hydrogen) atoms. The average molecular weight is 312 g/mol. The van der Waals surface area contributed by atoms with Gasteiger partial charge in [-0.25, -0.2) is 26.3 Å². The van der Waals surface area contributed by atoms with Crippen molar-refractivity contribution in [1.29, 1.82) is 0 Å². The summed E-state index contributed by atoms with van der Waals surface area (Å²) >= 11 is 0. The number of carbonyl (C=O) groups excluding carboxylic acids is 2. The summed E-state index contributed by atoms with van der Waals surface area (Å²) in [6.07, 6.45) is -3.03. The summed E-state index contributed by atoms with van der Waals surface area (Å²) in [7, 11) is 0. The summed E-state index contributed by atoms with van der Waals surface area (Å²) in [5.41, 5.74) is -3.34. The normalized spacial score (nSPS) is 13.2. The predicted molar refractivity (Wildman–Crippen MR) is 59.9 cm³/mol. The van der Waals surface area contributed by atoms with Crippen LogP contribution in [0.2, 0.25) is 0 Å². The summed E-state index contributed by atoms with van der Waals surface area (Å²) < 4.78 is 79.1. The van der Waals surface area contributed by atoms with E-state index in [4.69, 9.17) is 0 Å². The van der Waals surface area contributed by atoms with Gasteiger partial charge in [-0.2, -0.15) is 0 Å². The number of halogens is 6. The van der Waals surface area contributed by atoms with Gasteiger partial charge >= 0.3 is 0 Å². The van der Waals surface area contributed by atoms with Crippen molar-refractivity contribution in [3.05, 3.63) is 34.6 Å². The summed E-state index contributed by atoms with van der Waals surface area (Å²) in [5.74, 6) is -15.6. The van der Waals surface area contributed by atoms with Crippen molar-refractivity contribution in [2.75, 3.05) is 0 Å². The molecule has 1 unspecified atom stereocenters. The lowest BCUT2D eigenvalue weighted by Gasteiger charge is -2.19. The Morgan fingerprint density at radius 3 is 1.48 bits per heavy atom. The number of benzene rings is 1. The first-order chi connectivity index (χ1) is 9.41. The van der Waals surface area contributed by atoms with E-state index in [1.165, 1.54) is 20.8 Å². The SMILES string of the molecule is CC(C)(C)C(=O)C(F)C(=O)c1c(F)c(F)c(F)c(F)c1F. The number of hydrogen-bond donors (Lipinski definition) is 0. The molecule has 0 radical (unpaired) electrons. The highest BCUT2D eigenvalue weighted by Gasteiger charge is 2.39. The minimum atomic E-state index is -3.03. The van der Waals surface area contributed by atoms with Gasteiger partial charge in [0.05, 0.1) is 5.56 Å². The molecule has 8 heteroatoms. The monoisotopic (exact) mass is 312 g/mol. The maximum absolute atomic E-state index is 13.7. The highest BCUT2D eigenvalue weighted by Crippen LogP contribution is 2.27. The third kappa shape index (κ3) is 2.93. The Balaban J connectivity index is 3.42. The Morgan fingerprint density at radius 2 is 1.14 bits per heavy atom. The van der Waals surface area contributed by atoms with Crippen LogP contribution in [0.4, 0.5) is 26.3 Å². The van der Waals surface area contributed by atoms with E-state index in [-0.39, 0.29) is 0 Å². The van der Waals surface area contributed by atoms with E-state index in [2.05, 4.69) is 0 Å². The van der Waals surface area contributed by atoms with Crippen LogP contribution < -0.4 is 0 Å². The molecule has 1 atom stereocenters. The standard InChI is InChI=1S/C13H10F6O2/c1-13(2,3)12(21)10(19)11(20)4-5(14)7(16)9(18)8(17)6(4)15/h10H,1-3H3. The third-order valence-corrected chi connectivity index (χ3v) is 2.66. The van der Waals surface area contributed by atoms with Crippen LogP contribution in [0.5, 0.6) is 0 Å². The summed E-state index contributed by atoms with van der Waals surface area (Å²) in [4.78, 5) is 23.1. The lowest BCUT2D eigenvalue weighted by atomic mass is 9.85. The van der Waals surface area contributed by atoms with E-state index in [9.17, 15) is 35.9 Å². The number of Topliss-reactive ketones (excluding diaryl/α,β-unsaturated/α-hetero) is 2. The Morgan fingerprint density at radius 1 is 0.810 bits per heavy atom. The van der Waals surface area contributed by atoms with E-state index < -0.39 is 57.8 Å². The molecule has 0 N–H and O–H groups in total. The second kappa shape index (κ2) is 5.50. The first kappa shape index (κ1) is 17.2. The fourth-order valence-electron chi connectivity index (χ4n) is 1.45. The van der Waals surface area contributed by atoms with E-state index >= 15 is 0 Å². The average Bonchev–Trinajstić information content (AvgIpc) is 2.40. The molecule has 0 saturated carbocycles. The van der Waals surface area contributed by atoms with Crippen LogP contribution in [0.15, 0.2) is 0 Å². The smallest absolute Gasteiger partial charge is 0.221 e. The van der Waals surface area contributed by atoms with E-state index in [0.717, 1.165) is 0 Å². The van der Waals surface area contributed by atoms with Gasteiger partial charge in [-0.15, -0.1) is 0 Å². The fraction of sp³-hybridized carbons (Fsp3) is 0.385. The molecule has 0 saturated heterocycles. The molecule has 0 aromatic heterocycles. The van der Waals surface area contributed by atoms with Crippen LogP contribution in [-0.4, -0.2) is 17.7 Å². The first-order valence-corrected chi connectivity index (χ1v) is 5.65. The summed E-state index contributed by atoms with van der Waals surface area (Å²) in [6.45, 7) is 3.69. The largest absolute Gasteiger partial charge is 0.295 e. The van der Waals surface area contributed by atoms with Gasteiger partial charge in [-0.3, -0.25) is 9.59 Å². The minimum absolute atomic E-state index is 1.23. The fourth-order valence-corrected chi connectivity index (χ4v) is 1.45. The van der Waals surface area contributed by atoms with Crippen molar-refractivity contribution in [3.63, 3.8) is 0 Å². The van der Waals surface area contributed by atoms with Gasteiger partial charge in [0.25, 0.3) is 0 Å². The van der Waals surface area contributed by atoms with Gasteiger partial charge in [-0.1, -0.05) is 20.8 Å². The predicted octanol–water partition coefficient (Wildman–Crippen LogP) is 3.52. The van der Waals surface area contributed by atoms with Crippen molar-refractivity contribution in [3.8, 4) is 0 Å². The van der Waals surface area contributed by atoms with Crippen LogP contribution in [0.3, 0.4) is 0 Å². The maximum Gasteiger partial charge on any atom is 0.221 e. The maximum atomic E-state index is 13.7. The Bertz CT molecular complexity index is 589. The van der Waals surface area contributed by atoms with E-state index in [1.807, 2.05) is 0 Å². The van der Waals surface area contributed by atoms with Crippen LogP contribution in [0, 0.1) is 34.5 Å². The first-order valence-electron chi connectivity index (χ1n) is 5.65. The molecule has 116 valence electrons. The molecule has 0 amide bonds. The van der Waals surface area contributed by atoms with Crippen LogP contribution in [0.1, 0.15) is 31.1 Å². The molecular formula is C13H10F6O2. The molecule has 1 aromatic carbocycles. The van der Waals surface area contributed by atoms with Crippen molar-refractivity contribution in [2.24, 2.45) is 5.41 Å². The summed E-state index contributed by atoms with van der Waals surface area (Å²) in [5, 5.41) is 0. The summed E-state index contributed by atoms with van der Waals surface area (Å²) in [6, 6.07) is 0. The number of hydrogen-bond acceptors (Lipinski definition) is 2. The molecule has 0 aliphatic carbocycles. The number of ketones is 2. The van der Waals surface area contributed by atoms with Crippen LogP contribution >= 0.6 is 0 Å². The molecule has 0 aliphatic rings.